The van der Waals surface area contributed by atoms with Crippen LogP contribution in [0.15, 0.2) is 36.5 Å². The third-order valence-electron chi connectivity index (χ3n) is 4.99. The van der Waals surface area contributed by atoms with Crippen molar-refractivity contribution in [3.05, 3.63) is 53.5 Å². The van der Waals surface area contributed by atoms with Crippen molar-refractivity contribution in [3.8, 4) is 0 Å². The molecule has 158 valence electrons. The molecule has 9 nitrogen and oxygen atoms in total. The van der Waals surface area contributed by atoms with Gasteiger partial charge in [-0.1, -0.05) is 12.1 Å². The first-order chi connectivity index (χ1) is 14.3. The van der Waals surface area contributed by atoms with Gasteiger partial charge in [0.1, 0.15) is 11.3 Å². The molecule has 4 rings (SSSR count). The van der Waals surface area contributed by atoms with Gasteiger partial charge in [0.15, 0.2) is 5.65 Å². The standard InChI is InChI=1S/C20H24N6O3S/c1-26(2)30(28,29)25-15-7-3-13(4-8-15)9-11-22-20(27)16-10-12-21-19-17(16)23-18(24-19)14-5-6-14/h3-4,7-8,10,12,14,25H,5-6,9,11H2,1-2H3,(H,22,27)(H,21,23,24). The highest BCUT2D eigenvalue weighted by Gasteiger charge is 2.28. The number of rotatable bonds is 8. The molecule has 0 saturated heterocycles. The molecule has 0 aliphatic heterocycles. The molecule has 0 spiro atoms. The van der Waals surface area contributed by atoms with Crippen LogP contribution < -0.4 is 10.0 Å². The summed E-state index contributed by atoms with van der Waals surface area (Å²) >= 11 is 0. The van der Waals surface area contributed by atoms with Gasteiger partial charge in [-0.25, -0.2) is 9.97 Å². The molecular formula is C20H24N6O3S. The van der Waals surface area contributed by atoms with Crippen LogP contribution >= 0.6 is 0 Å². The molecule has 0 radical (unpaired) electrons. The lowest BCUT2D eigenvalue weighted by Crippen LogP contribution is -2.28. The zero-order valence-corrected chi connectivity index (χ0v) is 17.7. The average molecular weight is 429 g/mol. The SMILES string of the molecule is CN(C)S(=O)(=O)Nc1ccc(CCNC(=O)c2ccnc3[nH]c(C4CC4)nc23)cc1. The largest absolute Gasteiger partial charge is 0.352 e. The van der Waals surface area contributed by atoms with Gasteiger partial charge < -0.3 is 10.3 Å². The summed E-state index contributed by atoms with van der Waals surface area (Å²) in [5.74, 6) is 1.18. The van der Waals surface area contributed by atoms with Crippen molar-refractivity contribution < 1.29 is 13.2 Å². The lowest BCUT2D eigenvalue weighted by molar-refractivity contribution is 0.0955. The lowest BCUT2D eigenvalue weighted by Gasteiger charge is -2.13. The number of carbonyl (C=O) groups excluding carboxylic acids is 1. The highest BCUT2D eigenvalue weighted by Crippen LogP contribution is 2.39. The van der Waals surface area contributed by atoms with E-state index in [1.165, 1.54) is 14.1 Å². The molecule has 1 aliphatic carbocycles. The maximum Gasteiger partial charge on any atom is 0.301 e. The van der Waals surface area contributed by atoms with E-state index in [1.807, 2.05) is 12.1 Å². The van der Waals surface area contributed by atoms with E-state index >= 15 is 0 Å². The fraction of sp³-hybridized carbons (Fsp3) is 0.350. The predicted molar refractivity (Wildman–Crippen MR) is 115 cm³/mol. The minimum absolute atomic E-state index is 0.188. The van der Waals surface area contributed by atoms with Crippen molar-refractivity contribution in [2.75, 3.05) is 25.4 Å². The molecule has 0 bridgehead atoms. The van der Waals surface area contributed by atoms with Gasteiger partial charge in [-0.2, -0.15) is 12.7 Å². The molecule has 1 aliphatic rings. The molecule has 1 amide bonds. The smallest absolute Gasteiger partial charge is 0.301 e. The second-order valence-electron chi connectivity index (χ2n) is 7.54. The summed E-state index contributed by atoms with van der Waals surface area (Å²) in [6.45, 7) is 0.450. The van der Waals surface area contributed by atoms with Crippen molar-refractivity contribution in [1.82, 2.24) is 24.6 Å². The minimum Gasteiger partial charge on any atom is -0.352 e. The summed E-state index contributed by atoms with van der Waals surface area (Å²) in [7, 11) is -0.600. The number of hydrogen-bond acceptors (Lipinski definition) is 5. The monoisotopic (exact) mass is 428 g/mol. The van der Waals surface area contributed by atoms with Crippen LogP contribution in [-0.4, -0.2) is 54.2 Å². The Labute approximate surface area is 175 Å². The first-order valence-electron chi connectivity index (χ1n) is 9.75. The first-order valence-corrected chi connectivity index (χ1v) is 11.2. The highest BCUT2D eigenvalue weighted by atomic mass is 32.2. The second-order valence-corrected chi connectivity index (χ2v) is 9.43. The number of nitrogens with zero attached hydrogens (tertiary/aromatic N) is 3. The summed E-state index contributed by atoms with van der Waals surface area (Å²) in [5.41, 5.74) is 3.23. The van der Waals surface area contributed by atoms with Crippen molar-refractivity contribution in [1.29, 1.82) is 0 Å². The molecule has 0 atom stereocenters. The third kappa shape index (κ3) is 4.44. The Balaban J connectivity index is 1.35. The van der Waals surface area contributed by atoms with Gasteiger partial charge in [-0.05, 0) is 43.0 Å². The average Bonchev–Trinajstić information content (AvgIpc) is 3.47. The molecule has 10 heteroatoms. The van der Waals surface area contributed by atoms with Gasteiger partial charge in [0.25, 0.3) is 5.91 Å². The first kappa shape index (κ1) is 20.3. The van der Waals surface area contributed by atoms with Crippen molar-refractivity contribution in [2.45, 2.75) is 25.2 Å². The number of benzene rings is 1. The van der Waals surface area contributed by atoms with Gasteiger partial charge >= 0.3 is 10.2 Å². The van der Waals surface area contributed by atoms with Gasteiger partial charge in [0.2, 0.25) is 0 Å². The number of nitrogens with one attached hydrogen (secondary N) is 3. The molecule has 3 aromatic rings. The number of amides is 1. The minimum atomic E-state index is -3.53. The number of H-pyrrole nitrogens is 1. The number of aromatic amines is 1. The molecule has 2 aromatic heterocycles. The summed E-state index contributed by atoms with van der Waals surface area (Å²) < 4.78 is 27.3. The molecule has 1 saturated carbocycles. The molecular weight excluding hydrogens is 404 g/mol. The number of pyridine rings is 1. The number of anilines is 1. The van der Waals surface area contributed by atoms with Gasteiger partial charge in [-0.15, -0.1) is 0 Å². The summed E-state index contributed by atoms with van der Waals surface area (Å²) in [5, 5.41) is 2.92. The quantitative estimate of drug-likeness (QED) is 0.507. The molecule has 1 aromatic carbocycles. The highest BCUT2D eigenvalue weighted by molar-refractivity contribution is 7.90. The van der Waals surface area contributed by atoms with Gasteiger partial charge in [0.05, 0.1) is 5.56 Å². The fourth-order valence-electron chi connectivity index (χ4n) is 3.06. The normalized spacial score (nSPS) is 14.2. The van der Waals surface area contributed by atoms with Crippen LogP contribution in [0.25, 0.3) is 11.2 Å². The summed E-state index contributed by atoms with van der Waals surface area (Å²) in [4.78, 5) is 24.7. The number of hydrogen-bond donors (Lipinski definition) is 3. The Hall–Kier alpha value is -2.98. The zero-order chi connectivity index (χ0) is 21.3. The molecule has 0 unspecified atom stereocenters. The van der Waals surface area contributed by atoms with Crippen LogP contribution in [0.5, 0.6) is 0 Å². The van der Waals surface area contributed by atoms with E-state index in [0.717, 1.165) is 28.5 Å². The lowest BCUT2D eigenvalue weighted by atomic mass is 10.1. The third-order valence-corrected chi connectivity index (χ3v) is 6.45. The van der Waals surface area contributed by atoms with E-state index in [1.54, 1.807) is 24.4 Å². The Kier molecular flexibility index (Phi) is 5.44. The molecule has 3 N–H and O–H groups in total. The summed E-state index contributed by atoms with van der Waals surface area (Å²) in [6.07, 6.45) is 4.47. The Morgan fingerprint density at radius 3 is 2.60 bits per heavy atom. The Morgan fingerprint density at radius 1 is 1.20 bits per heavy atom. The maximum absolute atomic E-state index is 12.6. The van der Waals surface area contributed by atoms with Crippen LogP contribution in [0.1, 0.15) is 40.5 Å². The predicted octanol–water partition coefficient (Wildman–Crippen LogP) is 2.03. The van der Waals surface area contributed by atoms with Gasteiger partial charge in [0, 0.05) is 38.4 Å². The molecule has 2 heterocycles. The topological polar surface area (TPSA) is 120 Å². The van der Waals surface area contributed by atoms with Crippen LogP contribution in [0.3, 0.4) is 0 Å². The number of carbonyl (C=O) groups is 1. The Bertz CT molecular complexity index is 1170. The van der Waals surface area contributed by atoms with Gasteiger partial charge in [-0.3, -0.25) is 9.52 Å². The number of imidazole rings is 1. The summed E-state index contributed by atoms with van der Waals surface area (Å²) in [6, 6.07) is 8.75. The molecule has 1 fully saturated rings. The van der Waals surface area contributed by atoms with E-state index < -0.39 is 10.2 Å². The van der Waals surface area contributed by atoms with E-state index in [4.69, 9.17) is 0 Å². The zero-order valence-electron chi connectivity index (χ0n) is 16.8. The Morgan fingerprint density at radius 2 is 1.93 bits per heavy atom. The second kappa shape index (κ2) is 8.04. The van der Waals surface area contributed by atoms with Crippen molar-refractivity contribution in [3.63, 3.8) is 0 Å². The fourth-order valence-corrected chi connectivity index (χ4v) is 3.67. The van der Waals surface area contributed by atoms with E-state index in [-0.39, 0.29) is 5.91 Å². The molecule has 30 heavy (non-hydrogen) atoms. The van der Waals surface area contributed by atoms with Crippen LogP contribution in [0, 0.1) is 0 Å². The van der Waals surface area contributed by atoms with Crippen LogP contribution in [-0.2, 0) is 16.6 Å². The van der Waals surface area contributed by atoms with E-state index in [9.17, 15) is 13.2 Å². The van der Waals surface area contributed by atoms with E-state index in [2.05, 4.69) is 25.0 Å². The van der Waals surface area contributed by atoms with Crippen LogP contribution in [0.2, 0.25) is 0 Å². The van der Waals surface area contributed by atoms with E-state index in [0.29, 0.717) is 41.3 Å². The van der Waals surface area contributed by atoms with Crippen LogP contribution in [0.4, 0.5) is 5.69 Å². The van der Waals surface area contributed by atoms with Crippen molar-refractivity contribution in [2.24, 2.45) is 0 Å². The number of aromatic nitrogens is 3. The number of fused-ring (bicyclic) bond motifs is 1. The maximum atomic E-state index is 12.6. The van der Waals surface area contributed by atoms with Crippen molar-refractivity contribution >= 4 is 33.0 Å².